The number of para-hydroxylation sites is 1. The molecule has 132 valence electrons. The van der Waals surface area contributed by atoms with E-state index in [2.05, 4.69) is 10.6 Å². The third kappa shape index (κ3) is 4.28. The molecule has 6 heteroatoms. The number of carbonyl (C=O) groups excluding carboxylic acids is 2. The van der Waals surface area contributed by atoms with E-state index in [-0.39, 0.29) is 36.3 Å². The normalized spacial score (nSPS) is 26.3. The fourth-order valence-electron chi connectivity index (χ4n) is 3.59. The first-order chi connectivity index (χ1) is 11.1. The third-order valence-corrected chi connectivity index (χ3v) is 4.86. The predicted octanol–water partition coefficient (Wildman–Crippen LogP) is 2.11. The van der Waals surface area contributed by atoms with Gasteiger partial charge in [-0.2, -0.15) is 0 Å². The molecule has 0 aliphatic carbocycles. The van der Waals surface area contributed by atoms with E-state index < -0.39 is 0 Å². The molecular formula is C18H26ClN3O2. The number of nitrogens with zero attached hydrogens (tertiary/aromatic N) is 1. The summed E-state index contributed by atoms with van der Waals surface area (Å²) in [7, 11) is 0. The standard InChI is InChI=1S/C18H25N3O2.ClH/c1-13-11-16(18(23)21(13)15-5-3-2-4-6-15)20-17(22)8-7-14-9-10-19-12-14;/h2-6,13-14,16,19H,7-12H2,1H3,(H,20,22);1H. The van der Waals surface area contributed by atoms with Crippen LogP contribution >= 0.6 is 12.4 Å². The number of hydrogen-bond acceptors (Lipinski definition) is 3. The molecule has 2 saturated heterocycles. The Kier molecular flexibility index (Phi) is 6.63. The maximum absolute atomic E-state index is 12.6. The second-order valence-electron chi connectivity index (χ2n) is 6.65. The zero-order valence-electron chi connectivity index (χ0n) is 14.0. The monoisotopic (exact) mass is 351 g/mol. The number of carbonyl (C=O) groups is 2. The van der Waals surface area contributed by atoms with Gasteiger partial charge in [-0.1, -0.05) is 18.2 Å². The van der Waals surface area contributed by atoms with Gasteiger partial charge in [0.05, 0.1) is 0 Å². The van der Waals surface area contributed by atoms with Gasteiger partial charge in [0.15, 0.2) is 0 Å². The van der Waals surface area contributed by atoms with Crippen molar-refractivity contribution in [2.75, 3.05) is 18.0 Å². The molecule has 1 aromatic carbocycles. The van der Waals surface area contributed by atoms with Crippen LogP contribution in [0.4, 0.5) is 5.69 Å². The number of nitrogens with one attached hydrogen (secondary N) is 2. The van der Waals surface area contributed by atoms with Crippen LogP contribution in [0.2, 0.25) is 0 Å². The van der Waals surface area contributed by atoms with Gasteiger partial charge in [0.25, 0.3) is 0 Å². The minimum atomic E-state index is -0.389. The van der Waals surface area contributed by atoms with E-state index >= 15 is 0 Å². The van der Waals surface area contributed by atoms with Gasteiger partial charge in [0.1, 0.15) is 6.04 Å². The molecule has 2 aliphatic heterocycles. The van der Waals surface area contributed by atoms with Crippen molar-refractivity contribution >= 4 is 29.9 Å². The Morgan fingerprint density at radius 2 is 2.08 bits per heavy atom. The molecule has 0 saturated carbocycles. The molecule has 2 fully saturated rings. The van der Waals surface area contributed by atoms with Gasteiger partial charge >= 0.3 is 0 Å². The highest BCUT2D eigenvalue weighted by atomic mass is 35.5. The van der Waals surface area contributed by atoms with Crippen LogP contribution in [-0.2, 0) is 9.59 Å². The van der Waals surface area contributed by atoms with Crippen molar-refractivity contribution in [3.8, 4) is 0 Å². The molecule has 3 atom stereocenters. The quantitative estimate of drug-likeness (QED) is 0.854. The average Bonchev–Trinajstić information content (AvgIpc) is 3.15. The Morgan fingerprint density at radius 1 is 1.33 bits per heavy atom. The van der Waals surface area contributed by atoms with Crippen molar-refractivity contribution in [3.05, 3.63) is 30.3 Å². The summed E-state index contributed by atoms with van der Waals surface area (Å²) in [6.07, 6.45) is 3.23. The molecule has 0 aromatic heterocycles. The van der Waals surface area contributed by atoms with Crippen molar-refractivity contribution < 1.29 is 9.59 Å². The van der Waals surface area contributed by atoms with E-state index in [1.165, 1.54) is 0 Å². The lowest BCUT2D eigenvalue weighted by Crippen LogP contribution is -2.42. The van der Waals surface area contributed by atoms with Gasteiger partial charge in [0, 0.05) is 18.2 Å². The highest BCUT2D eigenvalue weighted by molar-refractivity contribution is 6.01. The van der Waals surface area contributed by atoms with Crippen LogP contribution in [0.1, 0.15) is 32.6 Å². The molecule has 2 N–H and O–H groups in total. The Bertz CT molecular complexity index is 561. The van der Waals surface area contributed by atoms with Crippen molar-refractivity contribution in [2.45, 2.75) is 44.7 Å². The zero-order valence-corrected chi connectivity index (χ0v) is 14.8. The summed E-state index contributed by atoms with van der Waals surface area (Å²) in [6, 6.07) is 9.38. The topological polar surface area (TPSA) is 61.4 Å². The first kappa shape index (κ1) is 18.7. The van der Waals surface area contributed by atoms with Crippen molar-refractivity contribution in [1.29, 1.82) is 0 Å². The molecular weight excluding hydrogens is 326 g/mol. The molecule has 0 spiro atoms. The summed E-state index contributed by atoms with van der Waals surface area (Å²) in [4.78, 5) is 26.6. The van der Waals surface area contributed by atoms with E-state index in [0.29, 0.717) is 18.8 Å². The van der Waals surface area contributed by atoms with E-state index in [0.717, 1.165) is 31.6 Å². The maximum Gasteiger partial charge on any atom is 0.249 e. The molecule has 24 heavy (non-hydrogen) atoms. The molecule has 2 aliphatic rings. The van der Waals surface area contributed by atoms with Crippen LogP contribution in [0.15, 0.2) is 30.3 Å². The molecule has 1 aromatic rings. The van der Waals surface area contributed by atoms with Crippen LogP contribution in [-0.4, -0.2) is 37.0 Å². The first-order valence-electron chi connectivity index (χ1n) is 8.53. The van der Waals surface area contributed by atoms with Gasteiger partial charge in [-0.3, -0.25) is 9.59 Å². The predicted molar refractivity (Wildman–Crippen MR) is 97.4 cm³/mol. The fourth-order valence-corrected chi connectivity index (χ4v) is 3.59. The Morgan fingerprint density at radius 3 is 2.75 bits per heavy atom. The average molecular weight is 352 g/mol. The van der Waals surface area contributed by atoms with Crippen molar-refractivity contribution in [3.63, 3.8) is 0 Å². The Hall–Kier alpha value is -1.59. The number of rotatable bonds is 5. The highest BCUT2D eigenvalue weighted by Crippen LogP contribution is 2.26. The molecule has 3 rings (SSSR count). The van der Waals surface area contributed by atoms with Crippen molar-refractivity contribution in [2.24, 2.45) is 5.92 Å². The fraction of sp³-hybridized carbons (Fsp3) is 0.556. The van der Waals surface area contributed by atoms with Crippen LogP contribution in [0.3, 0.4) is 0 Å². The highest BCUT2D eigenvalue weighted by Gasteiger charge is 2.38. The Labute approximate surface area is 149 Å². The van der Waals surface area contributed by atoms with Gasteiger partial charge < -0.3 is 15.5 Å². The van der Waals surface area contributed by atoms with E-state index in [4.69, 9.17) is 0 Å². The lowest BCUT2D eigenvalue weighted by Gasteiger charge is -2.21. The first-order valence-corrected chi connectivity index (χ1v) is 8.53. The van der Waals surface area contributed by atoms with E-state index in [1.54, 1.807) is 4.90 Å². The largest absolute Gasteiger partial charge is 0.344 e. The lowest BCUT2D eigenvalue weighted by atomic mass is 10.0. The lowest BCUT2D eigenvalue weighted by molar-refractivity contribution is -0.126. The second-order valence-corrected chi connectivity index (χ2v) is 6.65. The second kappa shape index (κ2) is 8.49. The summed E-state index contributed by atoms with van der Waals surface area (Å²) in [5.41, 5.74) is 0.902. The zero-order chi connectivity index (χ0) is 16.2. The van der Waals surface area contributed by atoms with Crippen LogP contribution in [0.25, 0.3) is 0 Å². The summed E-state index contributed by atoms with van der Waals surface area (Å²) < 4.78 is 0. The minimum absolute atomic E-state index is 0. The van der Waals surface area contributed by atoms with Crippen LogP contribution in [0, 0.1) is 5.92 Å². The number of amides is 2. The van der Waals surface area contributed by atoms with Gasteiger partial charge in [-0.05, 0) is 57.3 Å². The van der Waals surface area contributed by atoms with Gasteiger partial charge in [-0.15, -0.1) is 12.4 Å². The molecule has 0 radical (unpaired) electrons. The molecule has 0 bridgehead atoms. The van der Waals surface area contributed by atoms with Crippen LogP contribution < -0.4 is 15.5 Å². The summed E-state index contributed by atoms with van der Waals surface area (Å²) in [5, 5.41) is 6.25. The van der Waals surface area contributed by atoms with E-state index in [9.17, 15) is 9.59 Å². The van der Waals surface area contributed by atoms with Crippen molar-refractivity contribution in [1.82, 2.24) is 10.6 Å². The maximum atomic E-state index is 12.6. The number of halogens is 1. The summed E-state index contributed by atoms with van der Waals surface area (Å²) in [6.45, 7) is 4.09. The molecule has 2 heterocycles. The minimum Gasteiger partial charge on any atom is -0.344 e. The van der Waals surface area contributed by atoms with Crippen LogP contribution in [0.5, 0.6) is 0 Å². The SMILES string of the molecule is CC1CC(NC(=O)CCC2CCNC2)C(=O)N1c1ccccc1.Cl. The number of benzene rings is 1. The number of hydrogen-bond donors (Lipinski definition) is 2. The number of anilines is 1. The van der Waals surface area contributed by atoms with E-state index in [1.807, 2.05) is 37.3 Å². The molecule has 5 nitrogen and oxygen atoms in total. The summed E-state index contributed by atoms with van der Waals surface area (Å²) >= 11 is 0. The van der Waals surface area contributed by atoms with Gasteiger partial charge in [0.2, 0.25) is 11.8 Å². The smallest absolute Gasteiger partial charge is 0.249 e. The third-order valence-electron chi connectivity index (χ3n) is 4.86. The molecule has 2 amide bonds. The summed E-state index contributed by atoms with van der Waals surface area (Å²) in [5.74, 6) is 0.594. The Balaban J connectivity index is 0.00000208. The molecule has 3 unspecified atom stereocenters. The van der Waals surface area contributed by atoms with Gasteiger partial charge in [-0.25, -0.2) is 0 Å².